The summed E-state index contributed by atoms with van der Waals surface area (Å²) in [6.45, 7) is 11.8. The van der Waals surface area contributed by atoms with Crippen LogP contribution < -0.4 is 5.32 Å². The lowest BCUT2D eigenvalue weighted by atomic mass is 9.95. The van der Waals surface area contributed by atoms with Gasteiger partial charge in [-0.2, -0.15) is 0 Å². The predicted molar refractivity (Wildman–Crippen MR) is 141 cm³/mol. The molecule has 1 heterocycles. The molecular formula is C30H39NO6. The van der Waals surface area contributed by atoms with E-state index in [2.05, 4.69) is 29.6 Å². The molecule has 2 aromatic carbocycles. The van der Waals surface area contributed by atoms with Gasteiger partial charge in [-0.3, -0.25) is 0 Å². The van der Waals surface area contributed by atoms with Crippen molar-refractivity contribution in [2.75, 3.05) is 13.2 Å². The maximum absolute atomic E-state index is 13.2. The van der Waals surface area contributed by atoms with E-state index in [4.69, 9.17) is 18.9 Å². The van der Waals surface area contributed by atoms with E-state index in [1.54, 1.807) is 20.8 Å². The molecule has 37 heavy (non-hydrogen) atoms. The van der Waals surface area contributed by atoms with Crippen LogP contribution in [0.1, 0.15) is 71.4 Å². The molecule has 0 unspecified atom stereocenters. The lowest BCUT2D eigenvalue weighted by Gasteiger charge is -2.31. The number of ether oxygens (including phenoxy) is 4. The largest absolute Gasteiger partial charge is 0.458 e. The highest BCUT2D eigenvalue weighted by Gasteiger charge is 2.45. The first-order valence-corrected chi connectivity index (χ1v) is 13.2. The van der Waals surface area contributed by atoms with Gasteiger partial charge in [-0.15, -0.1) is 0 Å². The number of fused-ring (bicyclic) bond motifs is 3. The smallest absolute Gasteiger partial charge is 0.407 e. The first-order valence-electron chi connectivity index (χ1n) is 13.2. The minimum atomic E-state index is -0.951. The van der Waals surface area contributed by atoms with Crippen molar-refractivity contribution in [3.05, 3.63) is 59.7 Å². The number of carbonyl (C=O) groups excluding carboxylic acids is 2. The van der Waals surface area contributed by atoms with Gasteiger partial charge in [-0.1, -0.05) is 69.3 Å². The summed E-state index contributed by atoms with van der Waals surface area (Å²) in [5.41, 5.74) is 3.85. The average Bonchev–Trinajstić information content (AvgIpc) is 3.45. The van der Waals surface area contributed by atoms with Crippen LogP contribution in [0.2, 0.25) is 0 Å². The average molecular weight is 510 g/mol. The molecule has 1 aliphatic heterocycles. The van der Waals surface area contributed by atoms with Crippen molar-refractivity contribution >= 4 is 12.1 Å². The fourth-order valence-corrected chi connectivity index (χ4v) is 5.21. The van der Waals surface area contributed by atoms with Crippen LogP contribution in [0, 0.1) is 5.92 Å². The minimum absolute atomic E-state index is 0.0724. The molecule has 3 atom stereocenters. The molecule has 2 aromatic rings. The summed E-state index contributed by atoms with van der Waals surface area (Å²) in [5.74, 6) is -1.66. The number of carbonyl (C=O) groups is 2. The molecule has 1 amide bonds. The second-order valence-electron chi connectivity index (χ2n) is 10.9. The number of amides is 1. The van der Waals surface area contributed by atoms with Crippen molar-refractivity contribution in [2.24, 2.45) is 5.92 Å². The van der Waals surface area contributed by atoms with Crippen molar-refractivity contribution in [1.29, 1.82) is 0 Å². The van der Waals surface area contributed by atoms with Crippen LogP contribution in [0.5, 0.6) is 0 Å². The quantitative estimate of drug-likeness (QED) is 0.453. The molecular weight excluding hydrogens is 470 g/mol. The summed E-state index contributed by atoms with van der Waals surface area (Å²) in [6, 6.07) is 15.4. The molecule has 1 N–H and O–H groups in total. The van der Waals surface area contributed by atoms with E-state index in [1.807, 2.05) is 45.0 Å². The Morgan fingerprint density at radius 1 is 1.03 bits per heavy atom. The topological polar surface area (TPSA) is 83.1 Å². The lowest BCUT2D eigenvalue weighted by Crippen LogP contribution is -2.51. The van der Waals surface area contributed by atoms with Gasteiger partial charge in [-0.25, -0.2) is 9.59 Å². The normalized spacial score (nSPS) is 20.0. The van der Waals surface area contributed by atoms with Crippen molar-refractivity contribution in [1.82, 2.24) is 5.32 Å². The summed E-state index contributed by atoms with van der Waals surface area (Å²) in [5, 5.41) is 2.78. The van der Waals surface area contributed by atoms with Gasteiger partial charge in [0.05, 0.1) is 12.7 Å². The third-order valence-corrected chi connectivity index (χ3v) is 7.34. The van der Waals surface area contributed by atoms with Gasteiger partial charge in [-0.05, 0) is 55.9 Å². The molecule has 7 nitrogen and oxygen atoms in total. The zero-order valence-corrected chi connectivity index (χ0v) is 22.7. The highest BCUT2D eigenvalue weighted by Crippen LogP contribution is 2.44. The van der Waals surface area contributed by atoms with Crippen LogP contribution in [-0.2, 0) is 23.7 Å². The molecule has 1 fully saturated rings. The fraction of sp³-hybridized carbons (Fsp3) is 0.533. The fourth-order valence-electron chi connectivity index (χ4n) is 5.21. The molecule has 2 aliphatic rings. The van der Waals surface area contributed by atoms with Crippen molar-refractivity contribution in [3.8, 4) is 11.1 Å². The maximum Gasteiger partial charge on any atom is 0.407 e. The number of hydrogen-bond donors (Lipinski definition) is 1. The maximum atomic E-state index is 13.2. The van der Waals surface area contributed by atoms with E-state index in [1.165, 1.54) is 0 Å². The van der Waals surface area contributed by atoms with Crippen LogP contribution in [0.15, 0.2) is 48.5 Å². The first-order chi connectivity index (χ1) is 17.6. The summed E-state index contributed by atoms with van der Waals surface area (Å²) < 4.78 is 23.6. The van der Waals surface area contributed by atoms with Crippen LogP contribution in [0.3, 0.4) is 0 Å². The van der Waals surface area contributed by atoms with Crippen molar-refractivity contribution in [2.45, 2.75) is 83.8 Å². The van der Waals surface area contributed by atoms with Crippen LogP contribution in [0.4, 0.5) is 4.79 Å². The number of esters is 1. The molecule has 0 saturated carbocycles. The van der Waals surface area contributed by atoms with E-state index in [-0.39, 0.29) is 18.6 Å². The zero-order chi connectivity index (χ0) is 26.8. The number of benzene rings is 2. The van der Waals surface area contributed by atoms with Crippen molar-refractivity contribution in [3.63, 3.8) is 0 Å². The second kappa shape index (κ2) is 10.8. The molecule has 0 bridgehead atoms. The molecule has 0 radical (unpaired) electrons. The monoisotopic (exact) mass is 509 g/mol. The Morgan fingerprint density at radius 2 is 1.59 bits per heavy atom. The Bertz CT molecular complexity index is 1070. The molecule has 0 aromatic heterocycles. The number of alkyl carbamates (subject to hydrolysis) is 1. The van der Waals surface area contributed by atoms with Gasteiger partial charge >= 0.3 is 12.1 Å². The van der Waals surface area contributed by atoms with E-state index in [0.29, 0.717) is 19.4 Å². The number of nitrogens with one attached hydrogen (secondary N) is 1. The molecule has 0 spiro atoms. The van der Waals surface area contributed by atoms with Gasteiger partial charge in [0.1, 0.15) is 18.2 Å². The second-order valence-corrected chi connectivity index (χ2v) is 10.9. The predicted octanol–water partition coefficient (Wildman–Crippen LogP) is 5.80. The summed E-state index contributed by atoms with van der Waals surface area (Å²) in [7, 11) is 0. The van der Waals surface area contributed by atoms with Gasteiger partial charge in [0, 0.05) is 11.8 Å². The van der Waals surface area contributed by atoms with Crippen LogP contribution >= 0.6 is 0 Å². The van der Waals surface area contributed by atoms with E-state index >= 15 is 0 Å². The van der Waals surface area contributed by atoms with Gasteiger partial charge in [0.25, 0.3) is 0 Å². The molecule has 1 saturated heterocycles. The summed E-state index contributed by atoms with van der Waals surface area (Å²) in [6.07, 6.45) is 0.361. The third kappa shape index (κ3) is 5.83. The summed E-state index contributed by atoms with van der Waals surface area (Å²) >= 11 is 0. The van der Waals surface area contributed by atoms with Crippen LogP contribution in [-0.4, -0.2) is 48.8 Å². The molecule has 4 rings (SSSR count). The van der Waals surface area contributed by atoms with Crippen LogP contribution in [0.25, 0.3) is 11.1 Å². The zero-order valence-electron chi connectivity index (χ0n) is 22.7. The lowest BCUT2D eigenvalue weighted by molar-refractivity contribution is -0.180. The Balaban J connectivity index is 1.47. The first kappa shape index (κ1) is 27.1. The van der Waals surface area contributed by atoms with Gasteiger partial charge in [0.2, 0.25) is 0 Å². The number of hydrogen-bond acceptors (Lipinski definition) is 6. The highest BCUT2D eigenvalue weighted by molar-refractivity contribution is 5.82. The Labute approximate surface area is 219 Å². The summed E-state index contributed by atoms with van der Waals surface area (Å²) in [4.78, 5) is 26.2. The third-order valence-electron chi connectivity index (χ3n) is 7.34. The minimum Gasteiger partial charge on any atom is -0.458 e. The Hall–Kier alpha value is -2.90. The van der Waals surface area contributed by atoms with E-state index in [0.717, 1.165) is 22.3 Å². The standard InChI is InChI=1S/C30H39NO6/c1-7-30(8-2)35-18-25(36-30)19(3)26(27(32)37-29(4,5)6)31-28(33)34-17-24-22-15-11-9-13-20(22)21-14-10-12-16-23(21)24/h9-16,19,24-26H,7-8,17-18H2,1-6H3,(H,31,33)/t19-,25-,26-/m0/s1. The van der Waals surface area contributed by atoms with Gasteiger partial charge in [0.15, 0.2) is 5.79 Å². The van der Waals surface area contributed by atoms with E-state index in [9.17, 15) is 9.59 Å². The van der Waals surface area contributed by atoms with E-state index < -0.39 is 35.4 Å². The number of rotatable bonds is 8. The van der Waals surface area contributed by atoms with Gasteiger partial charge < -0.3 is 24.3 Å². The molecule has 7 heteroatoms. The van der Waals surface area contributed by atoms with Crippen molar-refractivity contribution < 1.29 is 28.5 Å². The Morgan fingerprint density at radius 3 is 2.11 bits per heavy atom. The molecule has 1 aliphatic carbocycles. The SMILES string of the molecule is CCC1(CC)OC[C@@H]([C@H](C)[C@H](NC(=O)OCC2c3ccccc3-c3ccccc32)C(=O)OC(C)(C)C)O1. The molecule has 200 valence electrons. The Kier molecular flexibility index (Phi) is 7.95. The highest BCUT2D eigenvalue weighted by atomic mass is 16.7.